The highest BCUT2D eigenvalue weighted by Crippen LogP contribution is 2.44. The molecule has 0 saturated heterocycles. The Kier molecular flexibility index (Phi) is 6.53. The van der Waals surface area contributed by atoms with Crippen LogP contribution >= 0.6 is 0 Å². The van der Waals surface area contributed by atoms with Gasteiger partial charge >= 0.3 is 0 Å². The van der Waals surface area contributed by atoms with Crippen LogP contribution < -0.4 is 9.47 Å². The van der Waals surface area contributed by atoms with Gasteiger partial charge in [0.2, 0.25) is 0 Å². The van der Waals surface area contributed by atoms with Gasteiger partial charge in [-0.25, -0.2) is 4.39 Å². The van der Waals surface area contributed by atoms with E-state index in [-0.39, 0.29) is 11.7 Å². The molecule has 2 aromatic carbocycles. The zero-order valence-electron chi connectivity index (χ0n) is 15.0. The first-order chi connectivity index (χ1) is 12.0. The van der Waals surface area contributed by atoms with E-state index in [1.54, 1.807) is 26.4 Å². The van der Waals surface area contributed by atoms with E-state index in [1.165, 1.54) is 12.1 Å². The van der Waals surface area contributed by atoms with Crippen LogP contribution in [-0.2, 0) is 4.74 Å². The lowest BCUT2D eigenvalue weighted by molar-refractivity contribution is 0.112. The molecule has 0 N–H and O–H groups in total. The Hall–Kier alpha value is -2.40. The van der Waals surface area contributed by atoms with Crippen LogP contribution in [0.5, 0.6) is 11.5 Å². The van der Waals surface area contributed by atoms with Crippen LogP contribution in [0.15, 0.2) is 30.3 Å². The molecule has 0 bridgehead atoms. The number of aldehydes is 1. The van der Waals surface area contributed by atoms with Gasteiger partial charge < -0.3 is 14.2 Å². The molecule has 0 unspecified atom stereocenters. The minimum atomic E-state index is -0.342. The van der Waals surface area contributed by atoms with Gasteiger partial charge in [0.1, 0.15) is 12.4 Å². The fourth-order valence-corrected chi connectivity index (χ4v) is 2.70. The monoisotopic (exact) mass is 346 g/mol. The van der Waals surface area contributed by atoms with Crippen molar-refractivity contribution in [3.63, 3.8) is 0 Å². The quantitative estimate of drug-likeness (QED) is 0.523. The van der Waals surface area contributed by atoms with Crippen molar-refractivity contribution in [3.05, 3.63) is 47.3 Å². The molecule has 2 rings (SSSR count). The fourth-order valence-electron chi connectivity index (χ4n) is 2.70. The molecule has 0 aliphatic heterocycles. The average molecular weight is 346 g/mol. The van der Waals surface area contributed by atoms with E-state index in [0.717, 1.165) is 11.8 Å². The molecule has 5 heteroatoms. The van der Waals surface area contributed by atoms with Gasteiger partial charge in [-0.15, -0.1) is 0 Å². The third kappa shape index (κ3) is 4.17. The second kappa shape index (κ2) is 8.62. The standard InChI is InChI=1S/C20H23FO4/c1-13(2)16-11-18(24-4)20(25-10-9-23-3)19(17(16)12-22)14-5-7-15(21)8-6-14/h5-8,11-13H,9-10H2,1-4H3. The summed E-state index contributed by atoms with van der Waals surface area (Å²) in [5.74, 6) is 0.758. The van der Waals surface area contributed by atoms with Gasteiger partial charge in [0.25, 0.3) is 0 Å². The molecule has 0 amide bonds. The lowest BCUT2D eigenvalue weighted by atomic mass is 9.89. The van der Waals surface area contributed by atoms with Crippen LogP contribution in [0.4, 0.5) is 4.39 Å². The molecule has 0 aromatic heterocycles. The molecule has 134 valence electrons. The van der Waals surface area contributed by atoms with Crippen LogP contribution in [0.2, 0.25) is 0 Å². The second-order valence-electron chi connectivity index (χ2n) is 5.91. The van der Waals surface area contributed by atoms with Gasteiger partial charge in [-0.05, 0) is 35.2 Å². The fraction of sp³-hybridized carbons (Fsp3) is 0.350. The molecule has 0 saturated carbocycles. The number of benzene rings is 2. The van der Waals surface area contributed by atoms with E-state index < -0.39 is 0 Å². The van der Waals surface area contributed by atoms with Gasteiger partial charge in [0.15, 0.2) is 17.8 Å². The number of methoxy groups -OCH3 is 2. The Morgan fingerprint density at radius 2 is 1.80 bits per heavy atom. The molecular weight excluding hydrogens is 323 g/mol. The van der Waals surface area contributed by atoms with Crippen molar-refractivity contribution >= 4 is 6.29 Å². The molecular formula is C20H23FO4. The lowest BCUT2D eigenvalue weighted by Crippen LogP contribution is -2.09. The summed E-state index contributed by atoms with van der Waals surface area (Å²) in [7, 11) is 3.14. The summed E-state index contributed by atoms with van der Waals surface area (Å²) in [4.78, 5) is 11.9. The van der Waals surface area contributed by atoms with Crippen molar-refractivity contribution in [2.45, 2.75) is 19.8 Å². The first-order valence-electron chi connectivity index (χ1n) is 8.11. The Balaban J connectivity index is 2.73. The second-order valence-corrected chi connectivity index (χ2v) is 5.91. The van der Waals surface area contributed by atoms with Crippen LogP contribution in [0.1, 0.15) is 35.7 Å². The number of carbonyl (C=O) groups excluding carboxylic acids is 1. The van der Waals surface area contributed by atoms with E-state index in [2.05, 4.69) is 0 Å². The van der Waals surface area contributed by atoms with Crippen LogP contribution in [-0.4, -0.2) is 33.7 Å². The first kappa shape index (κ1) is 18.9. The molecule has 2 aromatic rings. The van der Waals surface area contributed by atoms with Gasteiger partial charge in [-0.2, -0.15) is 0 Å². The van der Waals surface area contributed by atoms with Crippen molar-refractivity contribution in [2.24, 2.45) is 0 Å². The number of hydrogen-bond acceptors (Lipinski definition) is 4. The maximum Gasteiger partial charge on any atom is 0.169 e. The SMILES string of the molecule is COCCOc1c(OC)cc(C(C)C)c(C=O)c1-c1ccc(F)cc1. The molecule has 0 spiro atoms. The van der Waals surface area contributed by atoms with Crippen molar-refractivity contribution in [1.82, 2.24) is 0 Å². The number of rotatable bonds is 8. The Morgan fingerprint density at radius 3 is 2.32 bits per heavy atom. The van der Waals surface area contributed by atoms with Crippen molar-refractivity contribution in [3.8, 4) is 22.6 Å². The smallest absolute Gasteiger partial charge is 0.169 e. The molecule has 4 nitrogen and oxygen atoms in total. The summed E-state index contributed by atoms with van der Waals surface area (Å²) in [6.07, 6.45) is 0.816. The van der Waals surface area contributed by atoms with Crippen LogP contribution in [0.3, 0.4) is 0 Å². The molecule has 0 fully saturated rings. The third-order valence-corrected chi connectivity index (χ3v) is 3.94. The van der Waals surface area contributed by atoms with Gasteiger partial charge in [0, 0.05) is 18.2 Å². The molecule has 0 atom stereocenters. The van der Waals surface area contributed by atoms with Crippen molar-refractivity contribution in [2.75, 3.05) is 27.4 Å². The molecule has 0 heterocycles. The van der Waals surface area contributed by atoms with E-state index in [4.69, 9.17) is 14.2 Å². The van der Waals surface area contributed by atoms with E-state index in [1.807, 2.05) is 19.9 Å². The third-order valence-electron chi connectivity index (χ3n) is 3.94. The minimum Gasteiger partial charge on any atom is -0.493 e. The Morgan fingerprint density at radius 1 is 1.12 bits per heavy atom. The van der Waals surface area contributed by atoms with Crippen LogP contribution in [0, 0.1) is 5.82 Å². The summed E-state index contributed by atoms with van der Waals surface area (Å²) < 4.78 is 29.7. The number of hydrogen-bond donors (Lipinski definition) is 0. The molecule has 25 heavy (non-hydrogen) atoms. The molecule has 0 aliphatic rings. The summed E-state index contributed by atoms with van der Waals surface area (Å²) in [6, 6.07) is 7.80. The minimum absolute atomic E-state index is 0.112. The van der Waals surface area contributed by atoms with Gasteiger partial charge in [-0.1, -0.05) is 26.0 Å². The predicted octanol–water partition coefficient (Wildman–Crippen LogP) is 4.46. The van der Waals surface area contributed by atoms with E-state index in [0.29, 0.717) is 41.4 Å². The highest BCUT2D eigenvalue weighted by atomic mass is 19.1. The van der Waals surface area contributed by atoms with Gasteiger partial charge in [0.05, 0.1) is 13.7 Å². The van der Waals surface area contributed by atoms with Crippen molar-refractivity contribution < 1.29 is 23.4 Å². The number of carbonyl (C=O) groups is 1. The largest absolute Gasteiger partial charge is 0.493 e. The topological polar surface area (TPSA) is 44.8 Å². The summed E-state index contributed by atoms with van der Waals surface area (Å²) in [5.41, 5.74) is 2.67. The number of halogens is 1. The Labute approximate surface area is 147 Å². The van der Waals surface area contributed by atoms with Gasteiger partial charge in [-0.3, -0.25) is 4.79 Å². The highest BCUT2D eigenvalue weighted by Gasteiger charge is 2.22. The predicted molar refractivity (Wildman–Crippen MR) is 95.2 cm³/mol. The van der Waals surface area contributed by atoms with Crippen molar-refractivity contribution in [1.29, 1.82) is 0 Å². The normalized spacial score (nSPS) is 10.8. The molecule has 0 aliphatic carbocycles. The van der Waals surface area contributed by atoms with E-state index in [9.17, 15) is 9.18 Å². The van der Waals surface area contributed by atoms with E-state index >= 15 is 0 Å². The van der Waals surface area contributed by atoms with Crippen LogP contribution in [0.25, 0.3) is 11.1 Å². The number of ether oxygens (including phenoxy) is 3. The first-order valence-corrected chi connectivity index (χ1v) is 8.11. The maximum atomic E-state index is 13.3. The Bertz CT molecular complexity index is 723. The summed E-state index contributed by atoms with van der Waals surface area (Å²) in [5, 5.41) is 0. The highest BCUT2D eigenvalue weighted by molar-refractivity contribution is 5.94. The average Bonchev–Trinajstić information content (AvgIpc) is 2.61. The lowest BCUT2D eigenvalue weighted by Gasteiger charge is -2.21. The zero-order chi connectivity index (χ0) is 18.4. The molecule has 0 radical (unpaired) electrons. The summed E-state index contributed by atoms with van der Waals surface area (Å²) >= 11 is 0. The maximum absolute atomic E-state index is 13.3. The zero-order valence-corrected chi connectivity index (χ0v) is 15.0. The summed E-state index contributed by atoms with van der Waals surface area (Å²) in [6.45, 7) is 4.71.